The van der Waals surface area contributed by atoms with E-state index in [4.69, 9.17) is 15.0 Å². The number of hydrogen-bond donors (Lipinski definition) is 2. The number of benzene rings is 2. The summed E-state index contributed by atoms with van der Waals surface area (Å²) in [4.78, 5) is 30.9. The van der Waals surface area contributed by atoms with Gasteiger partial charge in [-0.15, -0.1) is 0 Å². The van der Waals surface area contributed by atoms with Crippen LogP contribution in [0.2, 0.25) is 0 Å². The highest BCUT2D eigenvalue weighted by Crippen LogP contribution is 2.26. The number of para-hydroxylation sites is 1. The van der Waals surface area contributed by atoms with Gasteiger partial charge < -0.3 is 15.5 Å². The van der Waals surface area contributed by atoms with Gasteiger partial charge in [0.15, 0.2) is 17.0 Å². The average Bonchev–Trinajstić information content (AvgIpc) is 3.59. The molecule has 0 spiro atoms. The van der Waals surface area contributed by atoms with Crippen molar-refractivity contribution in [2.75, 3.05) is 43.4 Å². The van der Waals surface area contributed by atoms with Crippen LogP contribution in [0.3, 0.4) is 0 Å². The van der Waals surface area contributed by atoms with Crippen LogP contribution in [-0.4, -0.2) is 74.0 Å². The number of carbonyl (C=O) groups is 1. The molecule has 6 rings (SSSR count). The molecule has 39 heavy (non-hydrogen) atoms. The summed E-state index contributed by atoms with van der Waals surface area (Å²) in [6.45, 7) is 5.41. The maximum absolute atomic E-state index is 11.9. The van der Waals surface area contributed by atoms with E-state index in [0.29, 0.717) is 25.0 Å². The number of nitrogens with zero attached hydrogens (tertiary/aromatic N) is 6. The van der Waals surface area contributed by atoms with E-state index in [1.165, 1.54) is 5.56 Å². The zero-order valence-corrected chi connectivity index (χ0v) is 22.3. The molecule has 2 aromatic carbocycles. The van der Waals surface area contributed by atoms with Gasteiger partial charge in [0.1, 0.15) is 6.33 Å². The van der Waals surface area contributed by atoms with Gasteiger partial charge in [-0.3, -0.25) is 14.3 Å². The summed E-state index contributed by atoms with van der Waals surface area (Å²) in [5.41, 5.74) is 3.92. The number of likely N-dealkylation sites (tertiary alicyclic amines) is 2. The summed E-state index contributed by atoms with van der Waals surface area (Å²) in [7, 11) is 0. The Bertz CT molecular complexity index is 1380. The summed E-state index contributed by atoms with van der Waals surface area (Å²) in [6.07, 6.45) is 6.42. The lowest BCUT2D eigenvalue weighted by Crippen LogP contribution is -2.38. The molecule has 2 aliphatic rings. The largest absolute Gasteiger partial charge is 0.365 e. The molecule has 9 nitrogen and oxygen atoms in total. The van der Waals surface area contributed by atoms with Crippen LogP contribution in [0.4, 0.5) is 11.8 Å². The Morgan fingerprint density at radius 1 is 0.923 bits per heavy atom. The van der Waals surface area contributed by atoms with Crippen LogP contribution in [0, 0.1) is 0 Å². The predicted molar refractivity (Wildman–Crippen MR) is 154 cm³/mol. The molecule has 2 saturated heterocycles. The van der Waals surface area contributed by atoms with Gasteiger partial charge in [0, 0.05) is 57.4 Å². The zero-order valence-electron chi connectivity index (χ0n) is 22.3. The Labute approximate surface area is 229 Å². The van der Waals surface area contributed by atoms with E-state index in [9.17, 15) is 4.79 Å². The van der Waals surface area contributed by atoms with Crippen LogP contribution in [0.25, 0.3) is 16.9 Å². The Morgan fingerprint density at radius 2 is 1.69 bits per heavy atom. The summed E-state index contributed by atoms with van der Waals surface area (Å²) in [6, 6.07) is 21.2. The summed E-state index contributed by atoms with van der Waals surface area (Å²) in [5, 5.41) is 7.11. The minimum absolute atomic E-state index is 0.265. The van der Waals surface area contributed by atoms with Gasteiger partial charge in [-0.05, 0) is 43.4 Å². The number of imidazole rings is 1. The molecular weight excluding hydrogens is 488 g/mol. The first-order chi connectivity index (χ1) is 19.2. The molecule has 0 saturated carbocycles. The smallest absolute Gasteiger partial charge is 0.226 e. The number of aromatic nitrogens is 4. The van der Waals surface area contributed by atoms with Crippen molar-refractivity contribution in [1.29, 1.82) is 0 Å². The molecule has 2 aromatic heterocycles. The lowest BCUT2D eigenvalue weighted by molar-refractivity contribution is -0.127. The molecule has 2 aliphatic heterocycles. The van der Waals surface area contributed by atoms with E-state index >= 15 is 0 Å². The van der Waals surface area contributed by atoms with Crippen LogP contribution in [0.5, 0.6) is 0 Å². The Kier molecular flexibility index (Phi) is 7.67. The molecule has 9 heteroatoms. The Balaban J connectivity index is 1.16. The lowest BCUT2D eigenvalue weighted by Gasteiger charge is -2.32. The van der Waals surface area contributed by atoms with E-state index in [-0.39, 0.29) is 5.91 Å². The number of hydrogen-bond acceptors (Lipinski definition) is 7. The van der Waals surface area contributed by atoms with E-state index in [1.54, 1.807) is 0 Å². The fraction of sp³-hybridized carbons (Fsp3) is 0.400. The standard InChI is InChI=1S/C30H36N8O/c39-26-13-7-17-37(26)18-8-16-31-30-34-28(27-29(35-30)38(22-32-27)25-11-5-2-6-12-25)33-24-14-19-36(20-15-24)21-23-9-3-1-4-10-23/h1-6,9-12,22,24H,7-8,13-21H2,(H2,31,33,34,35). The van der Waals surface area contributed by atoms with Crippen molar-refractivity contribution in [3.8, 4) is 5.69 Å². The van der Waals surface area contributed by atoms with E-state index in [1.807, 2.05) is 34.0 Å². The number of carbonyl (C=O) groups excluding carboxylic acids is 1. The van der Waals surface area contributed by atoms with Crippen molar-refractivity contribution in [3.63, 3.8) is 0 Å². The van der Waals surface area contributed by atoms with E-state index < -0.39 is 0 Å². The third-order valence-corrected chi connectivity index (χ3v) is 7.67. The molecule has 2 fully saturated rings. The number of nitrogens with one attached hydrogen (secondary N) is 2. The first-order valence-corrected chi connectivity index (χ1v) is 14.1. The quantitative estimate of drug-likeness (QED) is 0.299. The highest BCUT2D eigenvalue weighted by atomic mass is 16.2. The highest BCUT2D eigenvalue weighted by molar-refractivity contribution is 5.85. The number of amides is 1. The van der Waals surface area contributed by atoms with Gasteiger partial charge in [-0.25, -0.2) is 4.98 Å². The Morgan fingerprint density at radius 3 is 2.44 bits per heavy atom. The molecule has 2 N–H and O–H groups in total. The minimum Gasteiger partial charge on any atom is -0.365 e. The molecule has 4 heterocycles. The molecule has 4 aromatic rings. The van der Waals surface area contributed by atoms with Crippen molar-refractivity contribution >= 4 is 28.8 Å². The summed E-state index contributed by atoms with van der Waals surface area (Å²) >= 11 is 0. The number of fused-ring (bicyclic) bond motifs is 1. The maximum atomic E-state index is 11.9. The molecular formula is C30H36N8O. The van der Waals surface area contributed by atoms with Crippen LogP contribution in [-0.2, 0) is 11.3 Å². The molecule has 0 radical (unpaired) electrons. The maximum Gasteiger partial charge on any atom is 0.226 e. The molecule has 0 bridgehead atoms. The second-order valence-electron chi connectivity index (χ2n) is 10.5. The van der Waals surface area contributed by atoms with Crippen molar-refractivity contribution in [2.24, 2.45) is 0 Å². The number of rotatable bonds is 10. The van der Waals surface area contributed by atoms with Crippen LogP contribution in [0.15, 0.2) is 67.0 Å². The van der Waals surface area contributed by atoms with Crippen molar-refractivity contribution in [2.45, 2.75) is 44.7 Å². The molecule has 1 amide bonds. The third-order valence-electron chi connectivity index (χ3n) is 7.67. The van der Waals surface area contributed by atoms with Gasteiger partial charge in [0.05, 0.1) is 0 Å². The number of piperidine rings is 1. The van der Waals surface area contributed by atoms with Gasteiger partial charge in [-0.1, -0.05) is 48.5 Å². The lowest BCUT2D eigenvalue weighted by atomic mass is 10.0. The van der Waals surface area contributed by atoms with E-state index in [0.717, 1.165) is 81.1 Å². The van der Waals surface area contributed by atoms with Crippen LogP contribution >= 0.6 is 0 Å². The fourth-order valence-corrected chi connectivity index (χ4v) is 5.54. The molecule has 0 aliphatic carbocycles. The second kappa shape index (κ2) is 11.8. The average molecular weight is 525 g/mol. The highest BCUT2D eigenvalue weighted by Gasteiger charge is 2.23. The van der Waals surface area contributed by atoms with Crippen molar-refractivity contribution < 1.29 is 4.79 Å². The molecule has 0 unspecified atom stereocenters. The monoisotopic (exact) mass is 524 g/mol. The predicted octanol–water partition coefficient (Wildman–Crippen LogP) is 4.32. The fourth-order valence-electron chi connectivity index (χ4n) is 5.54. The van der Waals surface area contributed by atoms with Gasteiger partial charge in [0.2, 0.25) is 11.9 Å². The van der Waals surface area contributed by atoms with E-state index in [2.05, 4.69) is 58.0 Å². The van der Waals surface area contributed by atoms with Gasteiger partial charge >= 0.3 is 0 Å². The van der Waals surface area contributed by atoms with Crippen LogP contribution < -0.4 is 10.6 Å². The van der Waals surface area contributed by atoms with Gasteiger partial charge in [-0.2, -0.15) is 9.97 Å². The normalized spacial score (nSPS) is 16.7. The SMILES string of the molecule is O=C1CCCN1CCCNc1nc(NC2CCN(Cc3ccccc3)CC2)c2ncn(-c3ccccc3)c2n1. The third kappa shape index (κ3) is 6.04. The van der Waals surface area contributed by atoms with Crippen molar-refractivity contribution in [3.05, 3.63) is 72.6 Å². The van der Waals surface area contributed by atoms with Gasteiger partial charge in [0.25, 0.3) is 0 Å². The summed E-state index contributed by atoms with van der Waals surface area (Å²) < 4.78 is 2.01. The summed E-state index contributed by atoms with van der Waals surface area (Å²) in [5.74, 6) is 1.62. The second-order valence-corrected chi connectivity index (χ2v) is 10.5. The topological polar surface area (TPSA) is 91.2 Å². The first kappa shape index (κ1) is 25.3. The molecule has 202 valence electrons. The first-order valence-electron chi connectivity index (χ1n) is 14.1. The minimum atomic E-state index is 0.265. The van der Waals surface area contributed by atoms with Crippen molar-refractivity contribution in [1.82, 2.24) is 29.3 Å². The zero-order chi connectivity index (χ0) is 26.4. The Hall–Kier alpha value is -3.98. The molecule has 0 atom stereocenters. The van der Waals surface area contributed by atoms with Crippen LogP contribution in [0.1, 0.15) is 37.7 Å². The number of anilines is 2.